The highest BCUT2D eigenvalue weighted by Crippen LogP contribution is 2.25. The monoisotopic (exact) mass is 369 g/mol. The maximum Gasteiger partial charge on any atom is 0.282 e. The number of anilines is 3. The number of amides is 2. The van der Waals surface area contributed by atoms with E-state index in [1.165, 1.54) is 5.01 Å². The Morgan fingerprint density at radius 2 is 1.36 bits per heavy atom. The Bertz CT molecular complexity index is 1030. The Balaban J connectivity index is 1.56. The van der Waals surface area contributed by atoms with Gasteiger partial charge in [-0.1, -0.05) is 48.5 Å². The number of rotatable bonds is 4. The van der Waals surface area contributed by atoms with Crippen molar-refractivity contribution in [2.75, 3.05) is 17.0 Å². The molecule has 0 spiro atoms. The minimum absolute atomic E-state index is 0.119. The van der Waals surface area contributed by atoms with Crippen LogP contribution in [0, 0.1) is 0 Å². The van der Waals surface area contributed by atoms with Crippen LogP contribution >= 0.6 is 0 Å². The van der Waals surface area contributed by atoms with E-state index in [1.54, 1.807) is 18.2 Å². The number of hydrazine groups is 1. The van der Waals surface area contributed by atoms with Crippen LogP contribution in [0.15, 0.2) is 90.5 Å². The molecule has 1 aliphatic rings. The van der Waals surface area contributed by atoms with Crippen LogP contribution < -0.4 is 15.3 Å². The maximum atomic E-state index is 12.6. The van der Waals surface area contributed by atoms with Crippen molar-refractivity contribution in [1.29, 1.82) is 0 Å². The molecular formula is C23H19N3O2. The normalized spacial score (nSPS) is 15.0. The minimum atomic E-state index is -0.403. The third-order valence-electron chi connectivity index (χ3n) is 4.64. The molecule has 0 saturated carbocycles. The molecule has 0 aromatic heterocycles. The molecule has 5 nitrogen and oxygen atoms in total. The van der Waals surface area contributed by atoms with E-state index in [9.17, 15) is 9.59 Å². The largest absolute Gasteiger partial charge is 0.345 e. The topological polar surface area (TPSA) is 52.7 Å². The summed E-state index contributed by atoms with van der Waals surface area (Å²) in [7, 11) is 1.99. The standard InChI is InChI=1S/C23H19N3O2/c1-25(18-8-4-2-5-9-18)19-14-12-17(13-15-19)16-21-22(27)24-26(23(21)28)20-10-6-3-7-11-20/h2-16H,1H3,(H,24,27)/b21-16-. The second-order valence-corrected chi connectivity index (χ2v) is 6.46. The second-order valence-electron chi connectivity index (χ2n) is 6.46. The first kappa shape index (κ1) is 17.5. The second kappa shape index (κ2) is 7.40. The van der Waals surface area contributed by atoms with Crippen molar-refractivity contribution in [1.82, 2.24) is 5.43 Å². The molecule has 3 aromatic carbocycles. The summed E-state index contributed by atoms with van der Waals surface area (Å²) in [5.74, 6) is -0.763. The third-order valence-corrected chi connectivity index (χ3v) is 4.64. The predicted octanol–water partition coefficient (Wildman–Crippen LogP) is 3.92. The molecular weight excluding hydrogens is 350 g/mol. The summed E-state index contributed by atoms with van der Waals surface area (Å²) in [5.41, 5.74) is 6.24. The summed E-state index contributed by atoms with van der Waals surface area (Å²) in [4.78, 5) is 27.0. The highest BCUT2D eigenvalue weighted by molar-refractivity contribution is 6.31. The number of para-hydroxylation sites is 2. The van der Waals surface area contributed by atoms with Crippen molar-refractivity contribution in [3.8, 4) is 0 Å². The number of carbonyl (C=O) groups is 2. The summed E-state index contributed by atoms with van der Waals surface area (Å²) < 4.78 is 0. The lowest BCUT2D eigenvalue weighted by Crippen LogP contribution is -2.35. The number of carbonyl (C=O) groups excluding carboxylic acids is 2. The van der Waals surface area contributed by atoms with Gasteiger partial charge in [-0.3, -0.25) is 15.0 Å². The van der Waals surface area contributed by atoms with Crippen LogP contribution in [-0.4, -0.2) is 18.9 Å². The van der Waals surface area contributed by atoms with Gasteiger partial charge in [0.2, 0.25) is 0 Å². The fourth-order valence-corrected chi connectivity index (χ4v) is 3.08. The highest BCUT2D eigenvalue weighted by atomic mass is 16.2. The van der Waals surface area contributed by atoms with E-state index in [4.69, 9.17) is 0 Å². The van der Waals surface area contributed by atoms with Gasteiger partial charge in [0, 0.05) is 18.4 Å². The molecule has 0 aliphatic carbocycles. The third kappa shape index (κ3) is 3.38. The fraction of sp³-hybridized carbons (Fsp3) is 0.0435. The summed E-state index contributed by atoms with van der Waals surface area (Å²) in [6.45, 7) is 0. The summed E-state index contributed by atoms with van der Waals surface area (Å²) in [6.07, 6.45) is 1.62. The average molecular weight is 369 g/mol. The Kier molecular flexibility index (Phi) is 4.64. The number of hydrogen-bond donors (Lipinski definition) is 1. The zero-order valence-corrected chi connectivity index (χ0v) is 15.4. The van der Waals surface area contributed by atoms with Crippen molar-refractivity contribution in [2.45, 2.75) is 0 Å². The molecule has 1 aliphatic heterocycles. The van der Waals surface area contributed by atoms with Crippen LogP contribution in [0.3, 0.4) is 0 Å². The lowest BCUT2D eigenvalue weighted by Gasteiger charge is -2.19. The van der Waals surface area contributed by atoms with Gasteiger partial charge in [-0.15, -0.1) is 0 Å². The van der Waals surface area contributed by atoms with Crippen LogP contribution in [0.25, 0.3) is 6.08 Å². The first-order valence-electron chi connectivity index (χ1n) is 8.94. The van der Waals surface area contributed by atoms with Crippen molar-refractivity contribution in [2.24, 2.45) is 0 Å². The molecule has 0 radical (unpaired) electrons. The number of nitrogens with zero attached hydrogens (tertiary/aromatic N) is 2. The van der Waals surface area contributed by atoms with Crippen molar-refractivity contribution >= 4 is 35.0 Å². The molecule has 0 unspecified atom stereocenters. The van der Waals surface area contributed by atoms with Crippen molar-refractivity contribution in [3.05, 3.63) is 96.1 Å². The van der Waals surface area contributed by atoms with Gasteiger partial charge in [-0.25, -0.2) is 5.01 Å². The van der Waals surface area contributed by atoms with Gasteiger partial charge in [-0.2, -0.15) is 0 Å². The van der Waals surface area contributed by atoms with Crippen LogP contribution in [0.5, 0.6) is 0 Å². The van der Waals surface area contributed by atoms with E-state index >= 15 is 0 Å². The van der Waals surface area contributed by atoms with E-state index < -0.39 is 5.91 Å². The van der Waals surface area contributed by atoms with E-state index in [2.05, 4.69) is 10.3 Å². The highest BCUT2D eigenvalue weighted by Gasteiger charge is 2.34. The Labute approximate surface area is 163 Å². The molecule has 2 amide bonds. The molecule has 0 atom stereocenters. The number of hydrogen-bond acceptors (Lipinski definition) is 3. The van der Waals surface area contributed by atoms with E-state index in [1.807, 2.05) is 79.8 Å². The van der Waals surface area contributed by atoms with E-state index in [0.29, 0.717) is 5.69 Å². The van der Waals surface area contributed by atoms with Crippen LogP contribution in [0.2, 0.25) is 0 Å². The molecule has 28 heavy (non-hydrogen) atoms. The average Bonchev–Trinajstić information content (AvgIpc) is 3.03. The van der Waals surface area contributed by atoms with E-state index in [-0.39, 0.29) is 11.5 Å². The Hall–Kier alpha value is -3.86. The lowest BCUT2D eigenvalue weighted by atomic mass is 10.1. The Morgan fingerprint density at radius 3 is 2.00 bits per heavy atom. The van der Waals surface area contributed by atoms with Gasteiger partial charge in [0.05, 0.1) is 5.69 Å². The van der Waals surface area contributed by atoms with Crippen LogP contribution in [0.1, 0.15) is 5.56 Å². The first-order chi connectivity index (χ1) is 13.6. The van der Waals surface area contributed by atoms with Crippen LogP contribution in [0.4, 0.5) is 17.1 Å². The SMILES string of the molecule is CN(c1ccccc1)c1ccc(/C=C2/C(=O)NN(c3ccccc3)C2=O)cc1. The molecule has 3 aromatic rings. The van der Waals surface area contributed by atoms with Gasteiger partial charge in [-0.05, 0) is 48.0 Å². The molecule has 4 rings (SSSR count). The van der Waals surface area contributed by atoms with Gasteiger partial charge >= 0.3 is 0 Å². The zero-order chi connectivity index (χ0) is 19.5. The summed E-state index contributed by atoms with van der Waals surface area (Å²) >= 11 is 0. The lowest BCUT2D eigenvalue weighted by molar-refractivity contribution is -0.117. The smallest absolute Gasteiger partial charge is 0.282 e. The predicted molar refractivity (Wildman–Crippen MR) is 111 cm³/mol. The Morgan fingerprint density at radius 1 is 0.786 bits per heavy atom. The zero-order valence-electron chi connectivity index (χ0n) is 15.4. The molecule has 1 N–H and O–H groups in total. The number of benzene rings is 3. The van der Waals surface area contributed by atoms with E-state index in [0.717, 1.165) is 16.9 Å². The molecule has 1 heterocycles. The van der Waals surface area contributed by atoms with Gasteiger partial charge in [0.25, 0.3) is 11.8 Å². The maximum absolute atomic E-state index is 12.6. The molecule has 1 saturated heterocycles. The van der Waals surface area contributed by atoms with Gasteiger partial charge in [0.1, 0.15) is 5.57 Å². The molecule has 1 fully saturated rings. The fourth-order valence-electron chi connectivity index (χ4n) is 3.08. The molecule has 5 heteroatoms. The quantitative estimate of drug-likeness (QED) is 0.560. The van der Waals surface area contributed by atoms with Gasteiger partial charge < -0.3 is 4.90 Å². The van der Waals surface area contributed by atoms with Gasteiger partial charge in [0.15, 0.2) is 0 Å². The molecule has 138 valence electrons. The van der Waals surface area contributed by atoms with Crippen molar-refractivity contribution in [3.63, 3.8) is 0 Å². The van der Waals surface area contributed by atoms with Crippen LogP contribution in [-0.2, 0) is 9.59 Å². The summed E-state index contributed by atoms with van der Waals surface area (Å²) in [5, 5.41) is 1.27. The minimum Gasteiger partial charge on any atom is -0.345 e. The van der Waals surface area contributed by atoms with Crippen molar-refractivity contribution < 1.29 is 9.59 Å². The number of nitrogens with one attached hydrogen (secondary N) is 1. The molecule has 0 bridgehead atoms. The summed E-state index contributed by atoms with van der Waals surface area (Å²) in [6, 6.07) is 26.8. The first-order valence-corrected chi connectivity index (χ1v) is 8.94.